The van der Waals surface area contributed by atoms with Crippen molar-refractivity contribution in [1.29, 1.82) is 0 Å². The normalized spacial score (nSPS) is 20.8. The van der Waals surface area contributed by atoms with Crippen molar-refractivity contribution in [3.05, 3.63) is 82.4 Å². The first kappa shape index (κ1) is 55.2. The molecule has 19 nitrogen and oxygen atoms in total. The smallest absolute Gasteiger partial charge is 0.410 e. The number of carbonyl (C=O) groups excluding carboxylic acids is 2. The largest absolute Gasteiger partial charge is 0.489 e. The molecule has 430 valence electrons. The minimum Gasteiger partial charge on any atom is -0.489 e. The summed E-state index contributed by atoms with van der Waals surface area (Å²) in [5.41, 5.74) is 5.07. The average molecular weight is 1160 g/mol. The lowest BCUT2D eigenvalue weighted by molar-refractivity contribution is -0.0295. The van der Waals surface area contributed by atoms with E-state index in [1.54, 1.807) is 22.5 Å². The monoisotopic (exact) mass is 1160 g/mol. The van der Waals surface area contributed by atoms with Crippen molar-refractivity contribution in [2.45, 2.75) is 130 Å². The Balaban J connectivity index is 0.000000164. The lowest BCUT2D eigenvalue weighted by Gasteiger charge is -2.44. The van der Waals surface area contributed by atoms with Crippen LogP contribution >= 0.6 is 23.2 Å². The molecule has 82 heavy (non-hydrogen) atoms. The highest BCUT2D eigenvalue weighted by atomic mass is 35.5. The summed E-state index contributed by atoms with van der Waals surface area (Å²) >= 11 is 14.1. The number of aromatic nitrogens is 8. The molecule has 0 spiro atoms. The van der Waals surface area contributed by atoms with Gasteiger partial charge in [-0.15, -0.1) is 0 Å². The highest BCUT2D eigenvalue weighted by Crippen LogP contribution is 2.52. The quantitative estimate of drug-likeness (QED) is 0.176. The number of hydrogen-bond donors (Lipinski definition) is 1. The summed E-state index contributed by atoms with van der Waals surface area (Å²) in [5.74, 6) is 0.601. The van der Waals surface area contributed by atoms with Crippen LogP contribution in [-0.2, 0) is 14.2 Å². The maximum atomic E-state index is 16.8. The molecule has 3 fully saturated rings. The second-order valence-corrected chi connectivity index (χ2v) is 24.6. The van der Waals surface area contributed by atoms with Crippen LogP contribution in [0.2, 0.25) is 10.0 Å². The second-order valence-electron chi connectivity index (χ2n) is 23.9. The van der Waals surface area contributed by atoms with E-state index in [2.05, 4.69) is 39.7 Å². The summed E-state index contributed by atoms with van der Waals surface area (Å²) in [5, 5.41) is 1.12. The lowest BCUT2D eigenvalue weighted by Crippen LogP contribution is -2.61. The van der Waals surface area contributed by atoms with Gasteiger partial charge in [0.1, 0.15) is 66.0 Å². The summed E-state index contributed by atoms with van der Waals surface area (Å²) in [7, 11) is 0. The average Bonchev–Trinajstić information content (AvgIpc) is 1.68. The molecule has 4 aromatic carbocycles. The van der Waals surface area contributed by atoms with Crippen LogP contribution < -0.4 is 19.3 Å². The molecule has 2 amide bonds. The number of halogens is 4. The number of aromatic amines is 1. The zero-order valence-electron chi connectivity index (χ0n) is 47.4. The molecule has 0 bridgehead atoms. The van der Waals surface area contributed by atoms with Crippen LogP contribution in [0.5, 0.6) is 11.5 Å². The summed E-state index contributed by atoms with van der Waals surface area (Å²) < 4.78 is 65.2. The zero-order chi connectivity index (χ0) is 57.8. The summed E-state index contributed by atoms with van der Waals surface area (Å²) in [6.45, 7) is 21.5. The molecule has 23 heteroatoms. The number of rotatable bonds is 3. The Morgan fingerprint density at radius 1 is 0.646 bits per heavy atom. The number of benzene rings is 4. The number of anilines is 2. The van der Waals surface area contributed by atoms with Crippen molar-refractivity contribution in [2.24, 2.45) is 0 Å². The van der Waals surface area contributed by atoms with Gasteiger partial charge in [0, 0.05) is 67.1 Å². The number of nitrogens with zero attached hydrogens (tertiary/aromatic N) is 11. The van der Waals surface area contributed by atoms with E-state index in [9.17, 15) is 9.59 Å². The maximum absolute atomic E-state index is 16.8. The molecule has 0 radical (unpaired) electrons. The zero-order valence-corrected chi connectivity index (χ0v) is 48.9. The number of piperazine rings is 2. The van der Waals surface area contributed by atoms with E-state index < -0.39 is 22.8 Å². The number of fused-ring (bicyclic) bond motifs is 6. The predicted molar refractivity (Wildman–Crippen MR) is 309 cm³/mol. The highest BCUT2D eigenvalue weighted by molar-refractivity contribution is 6.38. The molecule has 1 N–H and O–H groups in total. The molecule has 8 aromatic rings. The van der Waals surface area contributed by atoms with E-state index >= 15 is 8.78 Å². The van der Waals surface area contributed by atoms with Gasteiger partial charge in [0.25, 0.3) is 0 Å². The van der Waals surface area contributed by atoms with Crippen LogP contribution in [0.4, 0.5) is 30.0 Å². The van der Waals surface area contributed by atoms with Gasteiger partial charge in [-0.3, -0.25) is 0 Å². The Morgan fingerprint density at radius 2 is 1.16 bits per heavy atom. The summed E-state index contributed by atoms with van der Waals surface area (Å²) in [6, 6.07) is 6.87. The fourth-order valence-corrected chi connectivity index (χ4v) is 12.7. The van der Waals surface area contributed by atoms with Gasteiger partial charge < -0.3 is 52.8 Å². The minimum atomic E-state index is -0.620. The third-order valence-corrected chi connectivity index (χ3v) is 16.6. The molecule has 3 saturated heterocycles. The molecule has 5 aliphatic rings. The van der Waals surface area contributed by atoms with Gasteiger partial charge in [-0.05, 0) is 112 Å². The first-order valence-electron chi connectivity index (χ1n) is 27.7. The number of carbonyl (C=O) groups is 2. The van der Waals surface area contributed by atoms with Crippen molar-refractivity contribution in [3.63, 3.8) is 0 Å². The fourth-order valence-electron chi connectivity index (χ4n) is 12.0. The second kappa shape index (κ2) is 20.8. The molecule has 0 saturated carbocycles. The number of ether oxygens (including phenoxy) is 5. The maximum Gasteiger partial charge on any atom is 0.410 e. The number of imidazole rings is 2. The van der Waals surface area contributed by atoms with Gasteiger partial charge in [-0.25, -0.2) is 48.3 Å². The topological polar surface area (TPSA) is 191 Å². The Kier molecular flexibility index (Phi) is 14.0. The third-order valence-electron chi connectivity index (χ3n) is 15.8. The minimum absolute atomic E-state index is 0.121. The van der Waals surface area contributed by atoms with Crippen molar-refractivity contribution >= 4 is 90.9 Å². The van der Waals surface area contributed by atoms with Crippen molar-refractivity contribution in [1.82, 2.24) is 49.3 Å². The van der Waals surface area contributed by atoms with Crippen molar-refractivity contribution in [3.8, 4) is 33.8 Å². The van der Waals surface area contributed by atoms with Crippen LogP contribution in [-0.4, -0.2) is 143 Å². The third kappa shape index (κ3) is 9.54. The number of amides is 2. The van der Waals surface area contributed by atoms with Gasteiger partial charge in [-0.2, -0.15) is 0 Å². The van der Waals surface area contributed by atoms with Gasteiger partial charge in [0.2, 0.25) is 0 Å². The first-order chi connectivity index (χ1) is 39.1. The Bertz CT molecular complexity index is 3880. The van der Waals surface area contributed by atoms with E-state index in [0.29, 0.717) is 88.9 Å². The first-order valence-corrected chi connectivity index (χ1v) is 28.4. The number of aryl methyl sites for hydroxylation is 2. The van der Waals surface area contributed by atoms with Crippen LogP contribution in [0.15, 0.2) is 49.6 Å². The Hall–Kier alpha value is -7.36. The van der Waals surface area contributed by atoms with Crippen LogP contribution in [0.1, 0.15) is 92.0 Å². The summed E-state index contributed by atoms with van der Waals surface area (Å²) in [6.07, 6.45) is 8.18. The van der Waals surface area contributed by atoms with E-state index in [4.69, 9.17) is 51.9 Å². The predicted octanol–water partition coefficient (Wildman–Crippen LogP) is 12.1. The van der Waals surface area contributed by atoms with Crippen LogP contribution in [0, 0.1) is 25.5 Å². The van der Waals surface area contributed by atoms with Gasteiger partial charge in [-0.1, -0.05) is 35.3 Å². The molecular formula is C59H64Cl2F2N12O7. The molecule has 5 atom stereocenters. The fraction of sp³-hybridized carbons (Fsp3) is 0.458. The van der Waals surface area contributed by atoms with Gasteiger partial charge >= 0.3 is 12.2 Å². The molecule has 5 aliphatic heterocycles. The van der Waals surface area contributed by atoms with E-state index in [1.165, 1.54) is 12.7 Å². The number of nitrogens with one attached hydrogen (secondary N) is 1. The molecule has 1 unspecified atom stereocenters. The van der Waals surface area contributed by atoms with Gasteiger partial charge in [0.05, 0.1) is 67.6 Å². The van der Waals surface area contributed by atoms with Crippen molar-refractivity contribution in [2.75, 3.05) is 55.8 Å². The number of H-pyrrole nitrogens is 1. The van der Waals surface area contributed by atoms with E-state index in [0.717, 1.165) is 41.4 Å². The lowest BCUT2D eigenvalue weighted by atomic mass is 9.96. The van der Waals surface area contributed by atoms with Crippen LogP contribution in [0.25, 0.3) is 66.1 Å². The highest BCUT2D eigenvalue weighted by Gasteiger charge is 2.43. The van der Waals surface area contributed by atoms with E-state index in [-0.39, 0.29) is 88.0 Å². The van der Waals surface area contributed by atoms with Crippen molar-refractivity contribution < 1.29 is 42.1 Å². The Morgan fingerprint density at radius 3 is 1.66 bits per heavy atom. The molecule has 4 aromatic heterocycles. The van der Waals surface area contributed by atoms with Crippen LogP contribution in [0.3, 0.4) is 0 Å². The number of hydrogen-bond acceptors (Lipinski definition) is 15. The Labute approximate surface area is 482 Å². The molecule has 9 heterocycles. The molecular weight excluding hydrogens is 1100 g/mol. The summed E-state index contributed by atoms with van der Waals surface area (Å²) in [4.78, 5) is 63.7. The SMILES string of the molecule is Cc1ccc2[nH]cnc2c1-c1c(Cl)c2c3c(ncnc3c1F)N1C[C@@H](C)N(C(=O)OC(C)(C)C)C[C@H]1CO2.Cc1ccc2c(ncn2C2CCCCO2)c1-c1c(Cl)c2c3c(ncnc3c1F)N1C[C@@H](C)N(C(=O)OC(C)(C)C)C[C@H]1CO2. The standard InChI is InChI=1S/C32H36ClFN6O4.C27H28ClFN6O3/c1-17-9-10-20-27(37-16-40(20)21-8-6-7-11-42-21)22(17)23-25(33)29-24-28(26(23)34)35-15-36-30(24)39-12-18(2)38(13-19(39)14-43-29)31(41)44-32(3,4)5;1-13-6-7-16-22(31-11-30-16)17(13)18-20(28)24-19-23(21(18)29)32-12-33-25(19)35-8-14(2)34(9-15(35)10-37-24)26(36)38-27(3,4)5/h9-10,15-16,18-19,21H,6-8,11-14H2,1-5H3;6-7,11-12,14-15H,8-10H2,1-5H3,(H,30,31)/t18-,19+,21?;14-,15+/m11/s1. The van der Waals surface area contributed by atoms with Gasteiger partial charge in [0.15, 0.2) is 23.1 Å². The molecule has 0 aliphatic carbocycles. The van der Waals surface area contributed by atoms with E-state index in [1.807, 2.05) is 98.1 Å². The molecule has 13 rings (SSSR count).